The molecule has 0 saturated carbocycles. The number of rotatable bonds is 8. The second-order valence-corrected chi connectivity index (χ2v) is 11.1. The Kier molecular flexibility index (Phi) is 8.39. The van der Waals surface area contributed by atoms with Crippen LogP contribution in [-0.4, -0.2) is 44.9 Å². The van der Waals surface area contributed by atoms with Gasteiger partial charge in [-0.1, -0.05) is 45.0 Å². The molecule has 35 heavy (non-hydrogen) atoms. The van der Waals surface area contributed by atoms with Gasteiger partial charge in [0.25, 0.3) is 5.91 Å². The molecule has 0 aliphatic rings. The predicted octanol–water partition coefficient (Wildman–Crippen LogP) is 4.20. The van der Waals surface area contributed by atoms with Gasteiger partial charge in [-0.05, 0) is 46.0 Å². The molecular formula is C25H27BrN4O4S. The summed E-state index contributed by atoms with van der Waals surface area (Å²) >= 11 is 4.68. The fourth-order valence-electron chi connectivity index (χ4n) is 3.16. The average molecular weight is 559 g/mol. The third-order valence-electron chi connectivity index (χ3n) is 5.19. The van der Waals surface area contributed by atoms with Crippen LogP contribution in [0.4, 0.5) is 0 Å². The summed E-state index contributed by atoms with van der Waals surface area (Å²) in [5.41, 5.74) is 1.49. The van der Waals surface area contributed by atoms with Crippen LogP contribution in [-0.2, 0) is 21.4 Å². The number of hydrogen-bond donors (Lipinski definition) is 3. The molecule has 2 unspecified atom stereocenters. The van der Waals surface area contributed by atoms with Crippen molar-refractivity contribution < 1.29 is 19.5 Å². The van der Waals surface area contributed by atoms with Gasteiger partial charge in [0.05, 0.1) is 9.35 Å². The van der Waals surface area contributed by atoms with Crippen molar-refractivity contribution in [3.8, 4) is 11.4 Å². The Morgan fingerprint density at radius 2 is 1.66 bits per heavy atom. The van der Waals surface area contributed by atoms with Crippen molar-refractivity contribution in [1.29, 1.82) is 0 Å². The number of thiophene rings is 1. The van der Waals surface area contributed by atoms with Crippen molar-refractivity contribution in [1.82, 2.24) is 20.6 Å². The number of carboxylic acid groups (broad SMARTS) is 1. The minimum absolute atomic E-state index is 0.100. The van der Waals surface area contributed by atoms with E-state index in [4.69, 9.17) is 0 Å². The standard InChI is InChI=1S/C25H27BrN4O4S/c1-14(24(33)34)29-22(31)18(30-23(32)19-9-10-20(35-19)25(2,3)4)11-15-5-7-16(8-6-15)21-27-12-17(26)13-28-21/h5-10,12-14,18H,11H2,1-4H3,(H,29,31)(H,30,32)(H,33,34). The van der Waals surface area contributed by atoms with E-state index in [9.17, 15) is 19.5 Å². The Hall–Kier alpha value is -3.11. The molecule has 0 fully saturated rings. The van der Waals surface area contributed by atoms with Crippen molar-refractivity contribution in [3.63, 3.8) is 0 Å². The lowest BCUT2D eigenvalue weighted by Gasteiger charge is -2.20. The van der Waals surface area contributed by atoms with E-state index in [0.717, 1.165) is 20.5 Å². The molecule has 8 nitrogen and oxygen atoms in total. The fraction of sp³-hybridized carbons (Fsp3) is 0.320. The van der Waals surface area contributed by atoms with Crippen molar-refractivity contribution in [3.05, 3.63) is 68.6 Å². The molecule has 0 aliphatic carbocycles. The number of nitrogens with one attached hydrogen (secondary N) is 2. The highest BCUT2D eigenvalue weighted by Gasteiger charge is 2.26. The zero-order valence-corrected chi connectivity index (χ0v) is 22.2. The number of nitrogens with zero attached hydrogens (tertiary/aromatic N) is 2. The molecule has 2 heterocycles. The molecule has 0 radical (unpaired) electrons. The first-order valence-corrected chi connectivity index (χ1v) is 12.6. The number of carboxylic acids is 1. The van der Waals surface area contributed by atoms with Gasteiger partial charge in [-0.3, -0.25) is 14.4 Å². The van der Waals surface area contributed by atoms with Gasteiger partial charge in [-0.25, -0.2) is 9.97 Å². The van der Waals surface area contributed by atoms with Gasteiger partial charge in [-0.2, -0.15) is 0 Å². The van der Waals surface area contributed by atoms with Crippen LogP contribution >= 0.6 is 27.3 Å². The van der Waals surface area contributed by atoms with Crippen molar-refractivity contribution in [2.45, 2.75) is 51.6 Å². The smallest absolute Gasteiger partial charge is 0.325 e. The van der Waals surface area contributed by atoms with E-state index >= 15 is 0 Å². The Morgan fingerprint density at radius 1 is 1.03 bits per heavy atom. The molecule has 3 aromatic rings. The number of hydrogen-bond acceptors (Lipinski definition) is 6. The van der Waals surface area contributed by atoms with Crippen LogP contribution < -0.4 is 10.6 Å². The van der Waals surface area contributed by atoms with E-state index in [-0.39, 0.29) is 17.7 Å². The second-order valence-electron chi connectivity index (χ2n) is 9.13. The summed E-state index contributed by atoms with van der Waals surface area (Å²) in [6, 6.07) is 8.93. The molecule has 2 amide bonds. The Bertz CT molecular complexity index is 1200. The maximum Gasteiger partial charge on any atom is 0.325 e. The average Bonchev–Trinajstić information content (AvgIpc) is 3.31. The van der Waals surface area contributed by atoms with E-state index in [2.05, 4.69) is 57.3 Å². The molecule has 1 aromatic carbocycles. The van der Waals surface area contributed by atoms with Crippen LogP contribution in [0.1, 0.15) is 47.8 Å². The fourth-order valence-corrected chi connectivity index (χ4v) is 4.34. The van der Waals surface area contributed by atoms with E-state index in [0.29, 0.717) is 10.7 Å². The lowest BCUT2D eigenvalue weighted by Crippen LogP contribution is -2.51. The summed E-state index contributed by atoms with van der Waals surface area (Å²) in [6.45, 7) is 7.56. The monoisotopic (exact) mass is 558 g/mol. The van der Waals surface area contributed by atoms with Gasteiger partial charge in [0, 0.05) is 29.3 Å². The van der Waals surface area contributed by atoms with E-state index in [1.165, 1.54) is 18.3 Å². The van der Waals surface area contributed by atoms with Gasteiger partial charge in [-0.15, -0.1) is 11.3 Å². The molecule has 0 spiro atoms. The number of carbonyl (C=O) groups excluding carboxylic acids is 2. The van der Waals surface area contributed by atoms with E-state index < -0.39 is 24.0 Å². The minimum atomic E-state index is -1.16. The molecule has 3 N–H and O–H groups in total. The van der Waals surface area contributed by atoms with Crippen LogP contribution in [0.3, 0.4) is 0 Å². The van der Waals surface area contributed by atoms with Crippen molar-refractivity contribution in [2.75, 3.05) is 0 Å². The van der Waals surface area contributed by atoms with Crippen LogP contribution in [0.5, 0.6) is 0 Å². The lowest BCUT2D eigenvalue weighted by atomic mass is 9.95. The van der Waals surface area contributed by atoms with Gasteiger partial charge < -0.3 is 15.7 Å². The molecule has 3 rings (SSSR count). The number of halogens is 1. The number of benzene rings is 1. The maximum absolute atomic E-state index is 13.0. The first kappa shape index (κ1) is 26.5. The largest absolute Gasteiger partial charge is 0.480 e. The second kappa shape index (κ2) is 11.1. The quantitative estimate of drug-likeness (QED) is 0.381. The summed E-state index contributed by atoms with van der Waals surface area (Å²) in [6.07, 6.45) is 3.50. The van der Waals surface area contributed by atoms with Crippen LogP contribution in [0.25, 0.3) is 11.4 Å². The summed E-state index contributed by atoms with van der Waals surface area (Å²) in [5, 5.41) is 14.4. The molecule has 184 valence electrons. The third kappa shape index (κ3) is 7.19. The zero-order chi connectivity index (χ0) is 25.8. The van der Waals surface area contributed by atoms with Crippen molar-refractivity contribution >= 4 is 45.1 Å². The molecule has 0 aliphatic heterocycles. The van der Waals surface area contributed by atoms with E-state index in [1.54, 1.807) is 18.5 Å². The number of amides is 2. The summed E-state index contributed by atoms with van der Waals surface area (Å²) in [7, 11) is 0. The highest BCUT2D eigenvalue weighted by molar-refractivity contribution is 9.10. The first-order chi connectivity index (χ1) is 16.4. The normalized spacial score (nSPS) is 13.1. The highest BCUT2D eigenvalue weighted by Crippen LogP contribution is 2.29. The van der Waals surface area contributed by atoms with Gasteiger partial charge >= 0.3 is 5.97 Å². The van der Waals surface area contributed by atoms with Crippen LogP contribution in [0.15, 0.2) is 53.3 Å². The third-order valence-corrected chi connectivity index (χ3v) is 7.11. The zero-order valence-electron chi connectivity index (χ0n) is 19.8. The lowest BCUT2D eigenvalue weighted by molar-refractivity contribution is -0.141. The van der Waals surface area contributed by atoms with E-state index in [1.807, 2.05) is 30.3 Å². The van der Waals surface area contributed by atoms with Crippen LogP contribution in [0, 0.1) is 0 Å². The number of aliphatic carboxylic acids is 1. The molecule has 0 bridgehead atoms. The summed E-state index contributed by atoms with van der Waals surface area (Å²) in [5.74, 6) is -1.55. The Labute approximate surface area is 216 Å². The number of aromatic nitrogens is 2. The van der Waals surface area contributed by atoms with Gasteiger partial charge in [0.1, 0.15) is 12.1 Å². The summed E-state index contributed by atoms with van der Waals surface area (Å²) < 4.78 is 0.776. The first-order valence-electron chi connectivity index (χ1n) is 11.0. The van der Waals surface area contributed by atoms with Crippen molar-refractivity contribution in [2.24, 2.45) is 0 Å². The maximum atomic E-state index is 13.0. The molecule has 10 heteroatoms. The van der Waals surface area contributed by atoms with Gasteiger partial charge in [0.2, 0.25) is 5.91 Å². The molecule has 0 saturated heterocycles. The molecular weight excluding hydrogens is 532 g/mol. The predicted molar refractivity (Wildman–Crippen MR) is 138 cm³/mol. The Balaban J connectivity index is 1.79. The molecule has 2 atom stereocenters. The highest BCUT2D eigenvalue weighted by atomic mass is 79.9. The molecule has 2 aromatic heterocycles. The van der Waals surface area contributed by atoms with Gasteiger partial charge in [0.15, 0.2) is 5.82 Å². The minimum Gasteiger partial charge on any atom is -0.480 e. The Morgan fingerprint density at radius 3 is 2.20 bits per heavy atom. The topological polar surface area (TPSA) is 121 Å². The summed E-state index contributed by atoms with van der Waals surface area (Å²) in [4.78, 5) is 47.2. The number of carbonyl (C=O) groups is 3. The SMILES string of the molecule is CC(NC(=O)C(Cc1ccc(-c2ncc(Br)cn2)cc1)NC(=O)c1ccc(C(C)(C)C)s1)C(=O)O. The van der Waals surface area contributed by atoms with Crippen LogP contribution in [0.2, 0.25) is 0 Å².